The van der Waals surface area contributed by atoms with E-state index >= 15 is 0 Å². The minimum absolute atomic E-state index is 0.0262. The summed E-state index contributed by atoms with van der Waals surface area (Å²) in [7, 11) is 0. The van der Waals surface area contributed by atoms with Crippen molar-refractivity contribution < 1.29 is 0 Å². The SMILES string of the molecule is Cc1cc(-c2ccccc2)cc(-c2cc3c(c4ccccc24)-c2ccc(C)cc2C3(C)C)c1. The van der Waals surface area contributed by atoms with Gasteiger partial charge in [0.1, 0.15) is 0 Å². The fraction of sp³-hybridized carbons (Fsp3) is 0.152. The summed E-state index contributed by atoms with van der Waals surface area (Å²) in [6.45, 7) is 9.15. The van der Waals surface area contributed by atoms with Crippen LogP contribution in [0, 0.1) is 13.8 Å². The van der Waals surface area contributed by atoms with Crippen LogP contribution in [0.15, 0.2) is 97.1 Å². The third kappa shape index (κ3) is 3.05. The molecular weight excluding hydrogens is 396 g/mol. The Kier molecular flexibility index (Phi) is 4.35. The minimum atomic E-state index is -0.0262. The molecule has 0 heteroatoms. The summed E-state index contributed by atoms with van der Waals surface area (Å²) in [4.78, 5) is 0. The molecule has 0 N–H and O–H groups in total. The van der Waals surface area contributed by atoms with Crippen LogP contribution in [0.2, 0.25) is 0 Å². The lowest BCUT2D eigenvalue weighted by Crippen LogP contribution is -2.15. The van der Waals surface area contributed by atoms with Gasteiger partial charge >= 0.3 is 0 Å². The second kappa shape index (κ2) is 7.18. The van der Waals surface area contributed by atoms with Crippen LogP contribution in [0.3, 0.4) is 0 Å². The molecule has 0 aromatic heterocycles. The number of hydrogen-bond acceptors (Lipinski definition) is 0. The van der Waals surface area contributed by atoms with E-state index in [0.717, 1.165) is 0 Å². The van der Waals surface area contributed by atoms with Gasteiger partial charge in [-0.25, -0.2) is 0 Å². The van der Waals surface area contributed by atoms with Gasteiger partial charge in [0, 0.05) is 5.41 Å². The standard InChI is InChI=1S/C33H28/c1-21-14-15-28-30(18-21)33(3,4)31-20-29(26-12-8-9-13-27(26)32(28)31)25-17-22(2)16-24(19-25)23-10-6-5-7-11-23/h5-20H,1-4H3. The highest BCUT2D eigenvalue weighted by atomic mass is 14.4. The molecule has 0 spiro atoms. The molecule has 0 radical (unpaired) electrons. The van der Waals surface area contributed by atoms with Crippen LogP contribution in [-0.2, 0) is 5.41 Å². The molecule has 0 saturated carbocycles. The van der Waals surface area contributed by atoms with Crippen molar-refractivity contribution in [2.75, 3.05) is 0 Å². The molecule has 0 fully saturated rings. The zero-order chi connectivity index (χ0) is 22.7. The lowest BCUT2D eigenvalue weighted by Gasteiger charge is -2.23. The Morgan fingerprint density at radius 3 is 1.97 bits per heavy atom. The smallest absolute Gasteiger partial charge is 0.0159 e. The maximum Gasteiger partial charge on any atom is 0.0159 e. The molecule has 0 saturated heterocycles. The number of rotatable bonds is 2. The average Bonchev–Trinajstić information content (AvgIpc) is 3.05. The molecule has 5 aromatic carbocycles. The van der Waals surface area contributed by atoms with E-state index in [2.05, 4.69) is 125 Å². The highest BCUT2D eigenvalue weighted by molar-refractivity contribution is 6.09. The largest absolute Gasteiger partial charge is 0.0622 e. The van der Waals surface area contributed by atoms with E-state index in [1.165, 1.54) is 66.4 Å². The quantitative estimate of drug-likeness (QED) is 0.265. The third-order valence-corrected chi connectivity index (χ3v) is 7.33. The molecule has 1 aliphatic carbocycles. The van der Waals surface area contributed by atoms with Crippen LogP contribution in [0.25, 0.3) is 44.2 Å². The van der Waals surface area contributed by atoms with Crippen LogP contribution < -0.4 is 0 Å². The monoisotopic (exact) mass is 424 g/mol. The molecule has 5 aromatic rings. The Labute approximate surface area is 196 Å². The lowest BCUT2D eigenvalue weighted by atomic mass is 9.80. The minimum Gasteiger partial charge on any atom is -0.0622 e. The average molecular weight is 425 g/mol. The van der Waals surface area contributed by atoms with Gasteiger partial charge in [0.2, 0.25) is 0 Å². The molecule has 0 bridgehead atoms. The van der Waals surface area contributed by atoms with Gasteiger partial charge in [0.15, 0.2) is 0 Å². The first-order valence-electron chi connectivity index (χ1n) is 11.8. The maximum atomic E-state index is 2.47. The molecule has 0 heterocycles. The molecule has 6 rings (SSSR count). The van der Waals surface area contributed by atoms with Crippen LogP contribution in [0.5, 0.6) is 0 Å². The van der Waals surface area contributed by atoms with Gasteiger partial charge in [-0.05, 0) is 86.8 Å². The van der Waals surface area contributed by atoms with Gasteiger partial charge in [0.25, 0.3) is 0 Å². The van der Waals surface area contributed by atoms with Crippen LogP contribution in [0.1, 0.15) is 36.1 Å². The van der Waals surface area contributed by atoms with Crippen molar-refractivity contribution in [2.45, 2.75) is 33.1 Å². The van der Waals surface area contributed by atoms with Crippen molar-refractivity contribution in [1.82, 2.24) is 0 Å². The highest BCUT2D eigenvalue weighted by Crippen LogP contribution is 2.53. The summed E-state index contributed by atoms with van der Waals surface area (Å²) in [6, 6.07) is 36.0. The highest BCUT2D eigenvalue weighted by Gasteiger charge is 2.37. The van der Waals surface area contributed by atoms with Crippen LogP contribution >= 0.6 is 0 Å². The van der Waals surface area contributed by atoms with E-state index in [9.17, 15) is 0 Å². The number of hydrogen-bond donors (Lipinski definition) is 0. The lowest BCUT2D eigenvalue weighted by molar-refractivity contribution is 0.660. The van der Waals surface area contributed by atoms with Gasteiger partial charge in [0.05, 0.1) is 0 Å². The normalized spacial score (nSPS) is 13.7. The Hall–Kier alpha value is -3.64. The van der Waals surface area contributed by atoms with Crippen LogP contribution in [-0.4, -0.2) is 0 Å². The fourth-order valence-corrected chi connectivity index (χ4v) is 5.67. The summed E-state index contributed by atoms with van der Waals surface area (Å²) in [5.41, 5.74) is 13.4. The van der Waals surface area contributed by atoms with Gasteiger partial charge < -0.3 is 0 Å². The first-order chi connectivity index (χ1) is 15.9. The van der Waals surface area contributed by atoms with E-state index in [0.29, 0.717) is 0 Å². The first kappa shape index (κ1) is 20.0. The Morgan fingerprint density at radius 2 is 1.18 bits per heavy atom. The second-order valence-electron chi connectivity index (χ2n) is 10.0. The van der Waals surface area contributed by atoms with Crippen molar-refractivity contribution in [2.24, 2.45) is 0 Å². The zero-order valence-electron chi connectivity index (χ0n) is 19.7. The summed E-state index contributed by atoms with van der Waals surface area (Å²) < 4.78 is 0. The molecule has 0 unspecified atom stereocenters. The van der Waals surface area contributed by atoms with Crippen molar-refractivity contribution in [1.29, 1.82) is 0 Å². The summed E-state index contributed by atoms with van der Waals surface area (Å²) in [5, 5.41) is 2.67. The summed E-state index contributed by atoms with van der Waals surface area (Å²) >= 11 is 0. The van der Waals surface area contributed by atoms with E-state index in [1.54, 1.807) is 0 Å². The van der Waals surface area contributed by atoms with E-state index in [1.807, 2.05) is 0 Å². The molecule has 1 aliphatic rings. The predicted octanol–water partition coefficient (Wildman–Crippen LogP) is 9.10. The Balaban J connectivity index is 1.66. The fourth-order valence-electron chi connectivity index (χ4n) is 5.67. The van der Waals surface area contributed by atoms with Gasteiger partial charge in [-0.3, -0.25) is 0 Å². The Bertz CT molecular complexity index is 1530. The summed E-state index contributed by atoms with van der Waals surface area (Å²) in [6.07, 6.45) is 0. The number of benzene rings is 5. The van der Waals surface area contributed by atoms with Crippen molar-refractivity contribution in [3.8, 4) is 33.4 Å². The molecule has 33 heavy (non-hydrogen) atoms. The summed E-state index contributed by atoms with van der Waals surface area (Å²) in [5.74, 6) is 0. The molecule has 0 nitrogen and oxygen atoms in total. The third-order valence-electron chi connectivity index (χ3n) is 7.33. The predicted molar refractivity (Wildman–Crippen MR) is 142 cm³/mol. The van der Waals surface area contributed by atoms with E-state index < -0.39 is 0 Å². The topological polar surface area (TPSA) is 0 Å². The maximum absolute atomic E-state index is 2.47. The molecule has 0 amide bonds. The van der Waals surface area contributed by atoms with Crippen molar-refractivity contribution in [3.05, 3.63) is 119 Å². The van der Waals surface area contributed by atoms with Crippen LogP contribution in [0.4, 0.5) is 0 Å². The zero-order valence-corrected chi connectivity index (χ0v) is 19.7. The molecule has 0 atom stereocenters. The number of fused-ring (bicyclic) bond motifs is 5. The Morgan fingerprint density at radius 1 is 0.485 bits per heavy atom. The van der Waals surface area contributed by atoms with E-state index in [-0.39, 0.29) is 5.41 Å². The van der Waals surface area contributed by atoms with E-state index in [4.69, 9.17) is 0 Å². The molecule has 0 aliphatic heterocycles. The number of aryl methyl sites for hydroxylation is 2. The van der Waals surface area contributed by atoms with Gasteiger partial charge in [-0.2, -0.15) is 0 Å². The van der Waals surface area contributed by atoms with Gasteiger partial charge in [-0.1, -0.05) is 104 Å². The van der Waals surface area contributed by atoms with Crippen molar-refractivity contribution >= 4 is 10.8 Å². The second-order valence-corrected chi connectivity index (χ2v) is 10.0. The van der Waals surface area contributed by atoms with Crippen molar-refractivity contribution in [3.63, 3.8) is 0 Å². The first-order valence-corrected chi connectivity index (χ1v) is 11.8. The molecular formula is C33H28. The van der Waals surface area contributed by atoms with Gasteiger partial charge in [-0.15, -0.1) is 0 Å². The molecule has 160 valence electrons.